The van der Waals surface area contributed by atoms with Gasteiger partial charge in [0.2, 0.25) is 20.0 Å². The fraction of sp³-hybridized carbons (Fsp3) is 0.377. The highest BCUT2D eigenvalue weighted by atomic mass is 32.2. The number of aryl methyl sites for hydroxylation is 2. The molecular formula is C69H80N6O7S2. The fourth-order valence-corrected chi connectivity index (χ4v) is 16.3. The van der Waals surface area contributed by atoms with Gasteiger partial charge in [-0.05, 0) is 97.6 Å². The summed E-state index contributed by atoms with van der Waals surface area (Å²) >= 11 is 0. The second-order valence-corrected chi connectivity index (χ2v) is 27.0. The number of hydrogen-bond donors (Lipinski definition) is 0. The minimum absolute atomic E-state index is 0.145. The molecule has 0 amide bonds. The van der Waals surface area contributed by atoms with Crippen molar-refractivity contribution in [3.8, 4) is 0 Å². The molecule has 2 fully saturated rings. The van der Waals surface area contributed by atoms with Crippen molar-refractivity contribution in [3.63, 3.8) is 0 Å². The molecule has 2 unspecified atom stereocenters. The van der Waals surface area contributed by atoms with Gasteiger partial charge < -0.3 is 18.6 Å². The molecule has 0 spiro atoms. The molecule has 2 aromatic heterocycles. The van der Waals surface area contributed by atoms with Crippen molar-refractivity contribution in [1.29, 1.82) is 0 Å². The number of carbonyl (C=O) groups is 1. The van der Waals surface area contributed by atoms with E-state index in [9.17, 15) is 21.6 Å². The third-order valence-corrected chi connectivity index (χ3v) is 21.4. The van der Waals surface area contributed by atoms with E-state index in [4.69, 9.17) is 19.4 Å². The number of imidazole rings is 2. The zero-order chi connectivity index (χ0) is 58.4. The highest BCUT2D eigenvalue weighted by molar-refractivity contribution is 7.89. The minimum atomic E-state index is -3.93. The lowest BCUT2D eigenvalue weighted by Gasteiger charge is -2.37. The van der Waals surface area contributed by atoms with Crippen LogP contribution in [0.15, 0.2) is 207 Å². The molecule has 440 valence electrons. The molecule has 2 saturated carbocycles. The van der Waals surface area contributed by atoms with Gasteiger partial charge in [-0.3, -0.25) is 0 Å². The zero-order valence-electron chi connectivity index (χ0n) is 48.5. The molecule has 6 aromatic carbocycles. The Morgan fingerprint density at radius 1 is 0.464 bits per heavy atom. The maximum Gasteiger partial charge on any atom is 0.508 e. The largest absolute Gasteiger partial charge is 0.508 e. The summed E-state index contributed by atoms with van der Waals surface area (Å²) in [6, 6.07) is 61.8. The van der Waals surface area contributed by atoms with Gasteiger partial charge in [0.1, 0.15) is 34.8 Å². The summed E-state index contributed by atoms with van der Waals surface area (Å²) in [6.45, 7) is 0. The Hall–Kier alpha value is -7.17. The zero-order valence-corrected chi connectivity index (χ0v) is 50.2. The maximum atomic E-state index is 14.4. The first-order valence-corrected chi connectivity index (χ1v) is 33.3. The second-order valence-electron chi connectivity index (χ2n) is 22.8. The van der Waals surface area contributed by atoms with E-state index in [1.54, 1.807) is 14.1 Å². The number of carbonyl (C=O) groups excluding carboxylic acids is 1. The lowest BCUT2D eigenvalue weighted by Crippen LogP contribution is -2.43. The molecule has 2 aliphatic carbocycles. The molecular weight excluding hydrogens is 1090 g/mol. The van der Waals surface area contributed by atoms with Crippen LogP contribution in [0, 0.1) is 0 Å². The van der Waals surface area contributed by atoms with Crippen LogP contribution >= 0.6 is 0 Å². The van der Waals surface area contributed by atoms with Gasteiger partial charge in [-0.15, -0.1) is 0 Å². The van der Waals surface area contributed by atoms with Crippen LogP contribution < -0.4 is 0 Å². The summed E-state index contributed by atoms with van der Waals surface area (Å²) in [4.78, 5) is 24.3. The highest BCUT2D eigenvalue weighted by Gasteiger charge is 2.41. The topological polar surface area (TPSA) is 146 Å². The summed E-state index contributed by atoms with van der Waals surface area (Å²) in [5.41, 5.74) is 6.38. The molecule has 0 saturated heterocycles. The molecule has 84 heavy (non-hydrogen) atoms. The Bertz CT molecular complexity index is 3110. The van der Waals surface area contributed by atoms with Gasteiger partial charge in [-0.2, -0.15) is 0 Å². The third kappa shape index (κ3) is 13.7. The molecule has 15 heteroatoms. The first-order valence-electron chi connectivity index (χ1n) is 30.1. The molecule has 13 nitrogen and oxygen atoms in total. The van der Waals surface area contributed by atoms with E-state index < -0.39 is 61.0 Å². The van der Waals surface area contributed by atoms with E-state index in [0.29, 0.717) is 25.7 Å². The van der Waals surface area contributed by atoms with Crippen molar-refractivity contribution in [3.05, 3.63) is 252 Å². The lowest BCUT2D eigenvalue weighted by molar-refractivity contribution is 0.00412. The quantitative estimate of drug-likeness (QED) is 0.0382. The molecule has 8 aromatic rings. The van der Waals surface area contributed by atoms with Gasteiger partial charge in [0.25, 0.3) is 0 Å². The predicted molar refractivity (Wildman–Crippen MR) is 332 cm³/mol. The van der Waals surface area contributed by atoms with Crippen molar-refractivity contribution >= 4 is 26.2 Å². The van der Waals surface area contributed by atoms with Crippen molar-refractivity contribution in [2.45, 2.75) is 138 Å². The van der Waals surface area contributed by atoms with Crippen LogP contribution in [0.5, 0.6) is 0 Å². The minimum Gasteiger partial charge on any atom is -0.430 e. The van der Waals surface area contributed by atoms with Crippen molar-refractivity contribution in [2.24, 2.45) is 0 Å². The smallest absolute Gasteiger partial charge is 0.430 e. The second kappa shape index (κ2) is 27.7. The first kappa shape index (κ1) is 60.0. The molecule has 2 heterocycles. The fourth-order valence-electron chi connectivity index (χ4n) is 13.0. The summed E-state index contributed by atoms with van der Waals surface area (Å²) in [5.74, 6) is -0.899. The Morgan fingerprint density at radius 2 is 0.738 bits per heavy atom. The molecule has 10 rings (SSSR count). The number of ether oxygens (including phenoxy) is 2. The normalized spacial score (nSPS) is 15.7. The number of sulfonamides is 2. The summed E-state index contributed by atoms with van der Waals surface area (Å²) < 4.78 is 77.0. The Labute approximate surface area is 497 Å². The SMILES string of the molecule is CN(C1CCCCC1)S(=O)(=O)CC(CCCc1cn(C(c2ccccc2)(c2ccccc2)c2ccccc2)cn1)OC(=O)OC(CCCc1cn(C(c2ccccc2)(c2ccccc2)c2ccccc2)cn1)CS(=O)(=O)N(C)C1CCCCC1. The van der Waals surface area contributed by atoms with Crippen molar-refractivity contribution in [1.82, 2.24) is 27.7 Å². The van der Waals surface area contributed by atoms with E-state index in [-0.39, 0.29) is 24.9 Å². The van der Waals surface area contributed by atoms with Gasteiger partial charge in [0, 0.05) is 38.6 Å². The van der Waals surface area contributed by atoms with Crippen LogP contribution in [0.25, 0.3) is 0 Å². The summed E-state index contributed by atoms with van der Waals surface area (Å²) in [5, 5.41) is 0. The van der Waals surface area contributed by atoms with Gasteiger partial charge in [0.05, 0.1) is 24.0 Å². The van der Waals surface area contributed by atoms with Crippen LogP contribution in [0.3, 0.4) is 0 Å². The molecule has 0 aliphatic heterocycles. The summed E-state index contributed by atoms with van der Waals surface area (Å²) in [7, 11) is -4.59. The molecule has 0 radical (unpaired) electrons. The molecule has 0 N–H and O–H groups in total. The number of hydrogen-bond acceptors (Lipinski definition) is 9. The van der Waals surface area contributed by atoms with Crippen LogP contribution in [0.4, 0.5) is 4.79 Å². The van der Waals surface area contributed by atoms with Crippen molar-refractivity contribution < 1.29 is 31.1 Å². The average molecular weight is 1170 g/mol. The monoisotopic (exact) mass is 1170 g/mol. The van der Waals surface area contributed by atoms with Crippen LogP contribution in [0.1, 0.15) is 135 Å². The average Bonchev–Trinajstić information content (AvgIpc) is 1.47. The van der Waals surface area contributed by atoms with Gasteiger partial charge in [-0.1, -0.05) is 221 Å². The molecule has 2 aliphatic rings. The van der Waals surface area contributed by atoms with Crippen molar-refractivity contribution in [2.75, 3.05) is 25.6 Å². The molecule has 0 bridgehead atoms. The molecule has 2 atom stereocenters. The third-order valence-electron chi connectivity index (χ3n) is 17.5. The van der Waals surface area contributed by atoms with E-state index in [0.717, 1.165) is 109 Å². The lowest BCUT2D eigenvalue weighted by atomic mass is 9.77. The van der Waals surface area contributed by atoms with E-state index in [1.165, 1.54) is 8.61 Å². The number of rotatable bonds is 26. The first-order chi connectivity index (χ1) is 40.9. The van der Waals surface area contributed by atoms with Crippen LogP contribution in [-0.4, -0.2) is 101 Å². The highest BCUT2D eigenvalue weighted by Crippen LogP contribution is 2.43. The van der Waals surface area contributed by atoms with Gasteiger partial charge >= 0.3 is 6.16 Å². The summed E-state index contributed by atoms with van der Waals surface area (Å²) in [6.07, 6.45) is 15.7. The number of benzene rings is 6. The van der Waals surface area contributed by atoms with E-state index in [2.05, 4.69) is 94.3 Å². The maximum absolute atomic E-state index is 14.4. The Kier molecular flexibility index (Phi) is 19.8. The van der Waals surface area contributed by atoms with Gasteiger partial charge in [-0.25, -0.2) is 40.2 Å². The predicted octanol–water partition coefficient (Wildman–Crippen LogP) is 13.2. The van der Waals surface area contributed by atoms with E-state index in [1.807, 2.05) is 122 Å². The number of nitrogens with zero attached hydrogens (tertiary/aromatic N) is 6. The van der Waals surface area contributed by atoms with Gasteiger partial charge in [0.15, 0.2) is 0 Å². The van der Waals surface area contributed by atoms with E-state index >= 15 is 0 Å². The standard InChI is InChI=1S/C69H80N6O7S2/c1-72(63-43-23-9-24-44-63)83(77,78)51-65(47-27-41-61-49-74(53-70-61)68(55-29-11-3-12-30-55,56-31-13-4-14-32-56)57-33-15-5-16-34-57)81-67(76)82-66(52-84(79,80)73(2)64-45-25-10-26-46-64)48-28-42-62-50-75(54-71-62)69(58-35-17-6-18-36-58,59-37-19-7-20-38-59)60-39-21-8-22-40-60/h3-8,11-22,29-40,49-50,53-54,63-66H,9-10,23-28,41-48,51-52H2,1-2H3. The number of aromatic nitrogens is 4. The van der Waals surface area contributed by atoms with Crippen LogP contribution in [0.2, 0.25) is 0 Å². The van der Waals surface area contributed by atoms with Crippen LogP contribution in [-0.2, 0) is 53.4 Å². The Balaban J connectivity index is 0.896. The Morgan fingerprint density at radius 3 is 1.01 bits per heavy atom.